The molecule has 1 aromatic rings. The van der Waals surface area contributed by atoms with Crippen molar-refractivity contribution in [1.82, 2.24) is 14.9 Å². The Labute approximate surface area is 119 Å². The third kappa shape index (κ3) is 3.00. The van der Waals surface area contributed by atoms with Crippen LogP contribution in [0.25, 0.3) is 0 Å². The summed E-state index contributed by atoms with van der Waals surface area (Å²) in [5.41, 5.74) is 0.948. The van der Waals surface area contributed by atoms with E-state index in [0.29, 0.717) is 5.15 Å². The van der Waals surface area contributed by atoms with E-state index >= 15 is 0 Å². The minimum atomic E-state index is 0.557. The first-order valence-electron chi connectivity index (χ1n) is 7.12. The van der Waals surface area contributed by atoms with Gasteiger partial charge in [0, 0.05) is 24.7 Å². The van der Waals surface area contributed by atoms with Crippen LogP contribution in [0.4, 0.5) is 5.82 Å². The van der Waals surface area contributed by atoms with Crippen molar-refractivity contribution >= 4 is 17.4 Å². The Hall–Kier alpha value is -0.870. The molecule has 1 unspecified atom stereocenters. The van der Waals surface area contributed by atoms with Crippen molar-refractivity contribution in [3.05, 3.63) is 16.5 Å². The number of nitrogens with zero attached hydrogens (tertiary/aromatic N) is 3. The number of nitrogens with one attached hydrogen (secondary N) is 1. The first-order chi connectivity index (χ1) is 9.13. The number of hydrogen-bond donors (Lipinski definition) is 1. The summed E-state index contributed by atoms with van der Waals surface area (Å²) >= 11 is 6.09. The fourth-order valence-electron chi connectivity index (χ4n) is 2.81. The number of likely N-dealkylation sites (tertiary alicyclic amines) is 1. The number of halogens is 1. The Bertz CT molecular complexity index is 473. The molecule has 19 heavy (non-hydrogen) atoms. The van der Waals surface area contributed by atoms with Gasteiger partial charge in [-0.15, -0.1) is 0 Å². The molecule has 1 saturated carbocycles. The average molecular weight is 281 g/mol. The molecular formula is C14H21ClN4. The molecule has 0 amide bonds. The van der Waals surface area contributed by atoms with E-state index in [1.165, 1.54) is 32.4 Å². The topological polar surface area (TPSA) is 41.1 Å². The molecule has 2 heterocycles. The van der Waals surface area contributed by atoms with Gasteiger partial charge in [-0.2, -0.15) is 0 Å². The van der Waals surface area contributed by atoms with Crippen molar-refractivity contribution in [2.24, 2.45) is 5.92 Å². The SMILES string of the molecule is Cc1nc(Cl)c(C)c(NCC2CCN(C3CC3)C2)n1. The second-order valence-electron chi connectivity index (χ2n) is 5.80. The van der Waals surface area contributed by atoms with E-state index in [-0.39, 0.29) is 0 Å². The van der Waals surface area contributed by atoms with E-state index in [4.69, 9.17) is 11.6 Å². The average Bonchev–Trinajstić information content (AvgIpc) is 3.12. The smallest absolute Gasteiger partial charge is 0.137 e. The van der Waals surface area contributed by atoms with Crippen LogP contribution in [0.2, 0.25) is 5.15 Å². The molecule has 2 fully saturated rings. The van der Waals surface area contributed by atoms with E-state index in [2.05, 4.69) is 20.2 Å². The van der Waals surface area contributed by atoms with Crippen LogP contribution in [0, 0.1) is 19.8 Å². The second-order valence-corrected chi connectivity index (χ2v) is 6.15. The fraction of sp³-hybridized carbons (Fsp3) is 0.714. The molecule has 0 aromatic carbocycles. The zero-order chi connectivity index (χ0) is 13.4. The monoisotopic (exact) mass is 280 g/mol. The van der Waals surface area contributed by atoms with Gasteiger partial charge in [-0.25, -0.2) is 9.97 Å². The molecule has 1 aliphatic heterocycles. The van der Waals surface area contributed by atoms with Crippen LogP contribution in [0.15, 0.2) is 0 Å². The minimum absolute atomic E-state index is 0.557. The molecule has 0 radical (unpaired) electrons. The van der Waals surface area contributed by atoms with E-state index < -0.39 is 0 Å². The van der Waals surface area contributed by atoms with Crippen molar-refractivity contribution in [1.29, 1.82) is 0 Å². The summed E-state index contributed by atoms with van der Waals surface area (Å²) in [5.74, 6) is 2.35. The molecule has 1 saturated heterocycles. The highest BCUT2D eigenvalue weighted by Gasteiger charge is 2.34. The summed E-state index contributed by atoms with van der Waals surface area (Å²) in [6.07, 6.45) is 4.10. The van der Waals surface area contributed by atoms with E-state index in [9.17, 15) is 0 Å². The van der Waals surface area contributed by atoms with Crippen LogP contribution in [-0.2, 0) is 0 Å². The lowest BCUT2D eigenvalue weighted by atomic mass is 10.1. The van der Waals surface area contributed by atoms with Crippen LogP contribution < -0.4 is 5.32 Å². The molecule has 1 N–H and O–H groups in total. The zero-order valence-corrected chi connectivity index (χ0v) is 12.4. The van der Waals surface area contributed by atoms with Gasteiger partial charge >= 0.3 is 0 Å². The standard InChI is InChI=1S/C14H21ClN4/c1-9-13(15)17-10(2)18-14(9)16-7-11-5-6-19(8-11)12-3-4-12/h11-12H,3-8H2,1-2H3,(H,16,17,18). The van der Waals surface area contributed by atoms with Crippen molar-refractivity contribution in [2.75, 3.05) is 25.0 Å². The number of hydrogen-bond acceptors (Lipinski definition) is 4. The third-order valence-electron chi connectivity index (χ3n) is 4.14. The van der Waals surface area contributed by atoms with Crippen LogP contribution in [0.3, 0.4) is 0 Å². The van der Waals surface area contributed by atoms with E-state index in [1.807, 2.05) is 13.8 Å². The molecule has 1 aliphatic carbocycles. The molecule has 2 aliphatic rings. The molecule has 0 bridgehead atoms. The summed E-state index contributed by atoms with van der Waals surface area (Å²) in [5, 5.41) is 4.01. The maximum atomic E-state index is 6.09. The summed E-state index contributed by atoms with van der Waals surface area (Å²) in [6.45, 7) is 7.32. The molecule has 1 aromatic heterocycles. The Morgan fingerprint density at radius 3 is 2.79 bits per heavy atom. The summed E-state index contributed by atoms with van der Waals surface area (Å²) < 4.78 is 0. The van der Waals surface area contributed by atoms with Gasteiger partial charge in [0.1, 0.15) is 16.8 Å². The summed E-state index contributed by atoms with van der Waals surface area (Å²) in [4.78, 5) is 11.2. The van der Waals surface area contributed by atoms with Gasteiger partial charge < -0.3 is 10.2 Å². The highest BCUT2D eigenvalue weighted by molar-refractivity contribution is 6.30. The van der Waals surface area contributed by atoms with Gasteiger partial charge in [0.15, 0.2) is 0 Å². The number of aromatic nitrogens is 2. The van der Waals surface area contributed by atoms with Crippen LogP contribution >= 0.6 is 11.6 Å². The van der Waals surface area contributed by atoms with Crippen molar-refractivity contribution in [3.8, 4) is 0 Å². The van der Waals surface area contributed by atoms with E-state index in [0.717, 1.165) is 35.7 Å². The molecule has 1 atom stereocenters. The quantitative estimate of drug-likeness (QED) is 0.861. The predicted octanol–water partition coefficient (Wildman–Crippen LogP) is 2.64. The lowest BCUT2D eigenvalue weighted by Crippen LogP contribution is -2.25. The molecule has 4 nitrogen and oxygen atoms in total. The third-order valence-corrected chi connectivity index (χ3v) is 4.50. The highest BCUT2D eigenvalue weighted by atomic mass is 35.5. The first kappa shape index (κ1) is 13.1. The molecule has 0 spiro atoms. The lowest BCUT2D eigenvalue weighted by Gasteiger charge is -2.16. The Morgan fingerprint density at radius 2 is 2.05 bits per heavy atom. The van der Waals surface area contributed by atoms with Gasteiger partial charge in [-0.3, -0.25) is 0 Å². The summed E-state index contributed by atoms with van der Waals surface area (Å²) in [6, 6.07) is 0.891. The number of anilines is 1. The maximum Gasteiger partial charge on any atom is 0.137 e. The Morgan fingerprint density at radius 1 is 1.26 bits per heavy atom. The van der Waals surface area contributed by atoms with Crippen LogP contribution in [0.1, 0.15) is 30.7 Å². The molecule has 5 heteroatoms. The Kier molecular flexibility index (Phi) is 3.63. The lowest BCUT2D eigenvalue weighted by molar-refractivity contribution is 0.316. The van der Waals surface area contributed by atoms with E-state index in [1.54, 1.807) is 0 Å². The second kappa shape index (κ2) is 5.25. The molecular weight excluding hydrogens is 260 g/mol. The van der Waals surface area contributed by atoms with Crippen LogP contribution in [-0.4, -0.2) is 40.5 Å². The predicted molar refractivity (Wildman–Crippen MR) is 77.7 cm³/mol. The first-order valence-corrected chi connectivity index (χ1v) is 7.50. The summed E-state index contributed by atoms with van der Waals surface area (Å²) in [7, 11) is 0. The van der Waals surface area contributed by atoms with Gasteiger partial charge in [-0.05, 0) is 45.6 Å². The number of aryl methyl sites for hydroxylation is 1. The molecule has 3 rings (SSSR count). The highest BCUT2D eigenvalue weighted by Crippen LogP contribution is 2.31. The largest absolute Gasteiger partial charge is 0.369 e. The van der Waals surface area contributed by atoms with Crippen molar-refractivity contribution in [3.63, 3.8) is 0 Å². The number of rotatable bonds is 4. The van der Waals surface area contributed by atoms with Crippen molar-refractivity contribution in [2.45, 2.75) is 39.2 Å². The van der Waals surface area contributed by atoms with Crippen molar-refractivity contribution < 1.29 is 0 Å². The molecule has 104 valence electrons. The van der Waals surface area contributed by atoms with Crippen LogP contribution in [0.5, 0.6) is 0 Å². The Balaban J connectivity index is 1.57. The minimum Gasteiger partial charge on any atom is -0.369 e. The van der Waals surface area contributed by atoms with Gasteiger partial charge in [0.25, 0.3) is 0 Å². The fourth-order valence-corrected chi connectivity index (χ4v) is 3.02. The van der Waals surface area contributed by atoms with Gasteiger partial charge in [0.2, 0.25) is 0 Å². The maximum absolute atomic E-state index is 6.09. The normalized spacial score (nSPS) is 23.8. The zero-order valence-electron chi connectivity index (χ0n) is 11.6. The van der Waals surface area contributed by atoms with Gasteiger partial charge in [0.05, 0.1) is 0 Å². The van der Waals surface area contributed by atoms with Gasteiger partial charge in [-0.1, -0.05) is 11.6 Å².